The Morgan fingerprint density at radius 3 is 0.681 bits per heavy atom. The molecule has 0 unspecified atom stereocenters. The minimum atomic E-state index is 1.01. The summed E-state index contributed by atoms with van der Waals surface area (Å²) in [6.45, 7) is 13.6. The molecule has 2 nitrogen and oxygen atoms in total. The molecule has 0 saturated heterocycles. The van der Waals surface area contributed by atoms with Crippen LogP contribution in [0.1, 0.15) is 481 Å². The van der Waals surface area contributed by atoms with E-state index in [4.69, 9.17) is 0 Å². The fraction of sp³-hybridized carbons (Fsp3) is 0.824. The van der Waals surface area contributed by atoms with Crippen LogP contribution < -0.4 is 0 Å². The van der Waals surface area contributed by atoms with E-state index in [1.807, 2.05) is 0 Å². The van der Waals surface area contributed by atoms with Crippen molar-refractivity contribution in [1.82, 2.24) is 0 Å². The maximum absolute atomic E-state index is 11.8. The number of aryl methyl sites for hydroxylation is 2. The Bertz CT molecular complexity index is 1940. The molecular weight excluding hydrogens is 1230 g/mol. The Balaban J connectivity index is 0.000000723. The van der Waals surface area contributed by atoms with Crippen molar-refractivity contribution in [1.29, 1.82) is 0 Å². The molecule has 0 aliphatic carbocycles. The number of unbranched alkanes of at least 4 members (excludes halogenated alkanes) is 57. The summed E-state index contributed by atoms with van der Waals surface area (Å²) >= 11 is 1.05. The van der Waals surface area contributed by atoms with Crippen molar-refractivity contribution in [2.45, 2.75) is 482 Å². The molecule has 3 rings (SSSR count). The molecule has 0 atom stereocenters. The smallest absolute Gasteiger partial charge is 0.0654 e. The Morgan fingerprint density at radius 1 is 0.234 bits per heavy atom. The van der Waals surface area contributed by atoms with Gasteiger partial charge < -0.3 is 5.53 Å². The molecule has 0 aromatic heterocycles. The van der Waals surface area contributed by atoms with E-state index in [1.165, 1.54) is 408 Å². The summed E-state index contributed by atoms with van der Waals surface area (Å²) in [5, 5.41) is 0. The van der Waals surface area contributed by atoms with Crippen molar-refractivity contribution < 1.29 is 22.7 Å². The predicted octanol–water partition coefficient (Wildman–Crippen LogP) is 33.3. The van der Waals surface area contributed by atoms with Gasteiger partial charge in [0.05, 0.1) is 0 Å². The van der Waals surface area contributed by atoms with E-state index in [-0.39, 0.29) is 0 Å². The van der Waals surface area contributed by atoms with E-state index in [2.05, 4.69) is 90.1 Å². The van der Waals surface area contributed by atoms with Crippen molar-refractivity contribution in [3.8, 4) is 0 Å². The van der Waals surface area contributed by atoms with E-state index in [1.54, 1.807) is 14.5 Å². The molecule has 3 heteroatoms. The molecule has 0 spiro atoms. The van der Waals surface area contributed by atoms with Crippen molar-refractivity contribution in [2.24, 2.45) is 0 Å². The first-order chi connectivity index (χ1) is 46.6. The van der Waals surface area contributed by atoms with Crippen molar-refractivity contribution in [3.63, 3.8) is 0 Å². The molecule has 1 aliphatic rings. The zero-order chi connectivity index (χ0) is 67.4. The predicted molar refractivity (Wildman–Crippen MR) is 422 cm³/mol. The topological polar surface area (TPSA) is 25.3 Å². The monoisotopic (exact) mass is 1390 g/mol. The molecule has 548 valence electrons. The van der Waals surface area contributed by atoms with Crippen LogP contribution in [0.3, 0.4) is 0 Å². The molecule has 1 heterocycles. The fourth-order valence-electron chi connectivity index (χ4n) is 14.6. The maximum atomic E-state index is 11.8. The minimum Gasteiger partial charge on any atom is -0.0654 e. The van der Waals surface area contributed by atoms with Gasteiger partial charge in [-0.05, 0) is 86.8 Å². The molecule has 2 aromatic rings. The van der Waals surface area contributed by atoms with Crippen molar-refractivity contribution in [2.75, 3.05) is 0 Å². The Labute approximate surface area is 599 Å². The molecule has 0 amide bonds. The van der Waals surface area contributed by atoms with E-state index < -0.39 is 0 Å². The molecule has 1 aliphatic heterocycles. The minimum absolute atomic E-state index is 1.01. The first kappa shape index (κ1) is 88.3. The van der Waals surface area contributed by atoms with Gasteiger partial charge in [0.15, 0.2) is 0 Å². The normalized spacial score (nSPS) is 12.6. The van der Waals surface area contributed by atoms with Crippen LogP contribution in [0.5, 0.6) is 0 Å². The first-order valence-corrected chi connectivity index (χ1v) is 45.3. The average Bonchev–Trinajstić information content (AvgIpc) is 1.61. The molecule has 0 radical (unpaired) electrons. The van der Waals surface area contributed by atoms with Gasteiger partial charge in [-0.3, -0.25) is 0 Å². The number of hydrogen-bond donors (Lipinski definition) is 0. The molecular formula is C91H164N2Pd. The first-order valence-electron chi connectivity index (χ1n) is 43.1. The van der Waals surface area contributed by atoms with Crippen LogP contribution in [-0.2, 0) is 30.8 Å². The SMILES string of the molecule is CCCCCC1=C(c2cccc(CCCC)c2)[N+](=[N-])C(c2cccc(CCCC)c2)=C1CCCC.CCCCCCCCCCCCCCCCCCCCCCCCCCCC[CH2][Pd][CH2]CCCCCCCCCCCCCCCCCCCCCCCCCCCC. The van der Waals surface area contributed by atoms with Crippen LogP contribution >= 0.6 is 0 Å². The van der Waals surface area contributed by atoms with Gasteiger partial charge in [-0.25, -0.2) is 4.70 Å². The standard InChI is InChI=1S/C33H46N2.2C29H59.Pd/c1-5-9-13-23-31-30(22-12-8-4)32(28-20-14-18-26(24-28)16-10-6-2)35(34)33(31)29-21-15-19-27(25-29)17-11-7-3;2*1-3-5-7-9-11-13-15-17-19-21-23-25-27-29-28-26-24-22-20-18-16-14-12-10-8-6-4-2;/h14-15,18-21,24-25H,5-13,16-17,22-23H2,1-4H3;2*1,3-29H2,2H3;. The van der Waals surface area contributed by atoms with Crippen LogP contribution in [0.15, 0.2) is 59.7 Å². The van der Waals surface area contributed by atoms with Gasteiger partial charge in [0.25, 0.3) is 0 Å². The van der Waals surface area contributed by atoms with Gasteiger partial charge in [0, 0.05) is 22.3 Å². The van der Waals surface area contributed by atoms with Gasteiger partial charge >= 0.3 is 169 Å². The zero-order valence-corrected chi connectivity index (χ0v) is 66.2. The third kappa shape index (κ3) is 50.5. The van der Waals surface area contributed by atoms with Crippen LogP contribution in [0, 0.1) is 0 Å². The zero-order valence-electron chi connectivity index (χ0n) is 64.6. The van der Waals surface area contributed by atoms with Crippen LogP contribution in [0.4, 0.5) is 0 Å². The molecule has 0 fully saturated rings. The number of hydrogen-bond acceptors (Lipinski definition) is 0. The summed E-state index contributed by atoms with van der Waals surface area (Å²) in [7, 11) is 0. The summed E-state index contributed by atoms with van der Waals surface area (Å²) in [6, 6.07) is 17.8. The number of allylic oxidation sites excluding steroid dienone is 2. The Kier molecular flexibility index (Phi) is 65.4. The quantitative estimate of drug-likeness (QED) is 0.0358. The van der Waals surface area contributed by atoms with Crippen LogP contribution in [0.2, 0.25) is 9.79 Å². The molecule has 0 N–H and O–H groups in total. The summed E-state index contributed by atoms with van der Waals surface area (Å²) in [4.78, 5) is 3.10. The van der Waals surface area contributed by atoms with E-state index >= 15 is 0 Å². The summed E-state index contributed by atoms with van der Waals surface area (Å²) in [5.74, 6) is 0. The van der Waals surface area contributed by atoms with Crippen LogP contribution in [-0.4, -0.2) is 4.70 Å². The average molecular weight is 1390 g/mol. The Morgan fingerprint density at radius 2 is 0.436 bits per heavy atom. The van der Waals surface area contributed by atoms with Crippen molar-refractivity contribution in [3.05, 3.63) is 87.5 Å². The van der Waals surface area contributed by atoms with E-state index in [0.717, 1.165) is 85.4 Å². The summed E-state index contributed by atoms with van der Waals surface area (Å²) in [5.41, 5.74) is 21.6. The van der Waals surface area contributed by atoms with Crippen molar-refractivity contribution >= 4 is 11.4 Å². The molecule has 0 bridgehead atoms. The fourth-order valence-corrected chi connectivity index (χ4v) is 16.5. The second kappa shape index (κ2) is 69.7. The number of nitrogens with zero attached hydrogens (tertiary/aromatic N) is 2. The van der Waals surface area contributed by atoms with Crippen LogP contribution in [0.25, 0.3) is 16.9 Å². The Hall–Kier alpha value is -1.82. The summed E-state index contributed by atoms with van der Waals surface area (Å²) in [6.07, 6.45) is 95.4. The van der Waals surface area contributed by atoms with Gasteiger partial charge in [0.2, 0.25) is 11.4 Å². The number of rotatable bonds is 71. The molecule has 94 heavy (non-hydrogen) atoms. The molecule has 0 saturated carbocycles. The van der Waals surface area contributed by atoms with Gasteiger partial charge in [-0.2, -0.15) is 0 Å². The third-order valence-electron chi connectivity index (χ3n) is 20.9. The summed E-state index contributed by atoms with van der Waals surface area (Å²) < 4.78 is 1.55. The van der Waals surface area contributed by atoms with Gasteiger partial charge in [-0.15, -0.1) is 0 Å². The van der Waals surface area contributed by atoms with E-state index in [0.29, 0.717) is 0 Å². The number of benzene rings is 2. The third-order valence-corrected chi connectivity index (χ3v) is 23.1. The van der Waals surface area contributed by atoms with Gasteiger partial charge in [0.1, 0.15) is 0 Å². The second-order valence-corrected chi connectivity index (χ2v) is 32.3. The second-order valence-electron chi connectivity index (χ2n) is 30.0. The molecule has 2 aromatic carbocycles. The van der Waals surface area contributed by atoms with E-state index in [9.17, 15) is 5.53 Å². The van der Waals surface area contributed by atoms with Gasteiger partial charge in [-0.1, -0.05) is 303 Å².